The molecule has 0 aromatic heterocycles. The van der Waals surface area contributed by atoms with Crippen LogP contribution in [0.3, 0.4) is 0 Å². The second-order valence-electron chi connectivity index (χ2n) is 4.47. The Morgan fingerprint density at radius 1 is 1.29 bits per heavy atom. The van der Waals surface area contributed by atoms with Gasteiger partial charge in [0.25, 0.3) is 5.91 Å². The molecule has 0 bridgehead atoms. The Morgan fingerprint density at radius 3 is 2.35 bits per heavy atom. The summed E-state index contributed by atoms with van der Waals surface area (Å²) in [5.41, 5.74) is 0.744. The third-order valence-electron chi connectivity index (χ3n) is 3.49. The Bertz CT molecular complexity index is 523. The molecule has 1 aliphatic heterocycles. The summed E-state index contributed by atoms with van der Waals surface area (Å²) in [6, 6.07) is 7.10. The van der Waals surface area contributed by atoms with Crippen LogP contribution in [0.5, 0.6) is 0 Å². The average molecular weight is 229 g/mol. The van der Waals surface area contributed by atoms with Gasteiger partial charge in [-0.15, -0.1) is 0 Å². The zero-order valence-electron chi connectivity index (χ0n) is 9.14. The molecule has 1 aromatic carbocycles. The highest BCUT2D eigenvalue weighted by Crippen LogP contribution is 2.49. The maximum Gasteiger partial charge on any atom is 0.330 e. The van der Waals surface area contributed by atoms with E-state index in [4.69, 9.17) is 0 Å². The Hall–Kier alpha value is -2.10. The summed E-state index contributed by atoms with van der Waals surface area (Å²) in [5, 5.41) is 9.24. The normalized spacial score (nSPS) is 20.4. The standard InChI is InChI=1S/C13H11NO3/c1-8-9-4-2-3-5-10(9)11(15)14(8)13(6-7-13)12(16)17/h2-5H,1,6-7H2,(H,16,17). The van der Waals surface area contributed by atoms with Gasteiger partial charge in [0.2, 0.25) is 0 Å². The largest absolute Gasteiger partial charge is 0.479 e. The van der Waals surface area contributed by atoms with Crippen molar-refractivity contribution in [2.24, 2.45) is 0 Å². The second-order valence-corrected chi connectivity index (χ2v) is 4.47. The van der Waals surface area contributed by atoms with Crippen LogP contribution in [-0.2, 0) is 4.79 Å². The Labute approximate surface area is 98.2 Å². The molecule has 1 saturated carbocycles. The monoisotopic (exact) mass is 229 g/mol. The number of benzene rings is 1. The number of carboxylic acids is 1. The average Bonchev–Trinajstić information content (AvgIpc) is 3.06. The van der Waals surface area contributed by atoms with E-state index in [9.17, 15) is 14.7 Å². The lowest BCUT2D eigenvalue weighted by Gasteiger charge is -2.24. The molecule has 1 heterocycles. The third kappa shape index (κ3) is 1.12. The lowest BCUT2D eigenvalue weighted by atomic mass is 10.1. The van der Waals surface area contributed by atoms with Crippen molar-refractivity contribution in [1.82, 2.24) is 4.90 Å². The molecule has 86 valence electrons. The highest BCUT2D eigenvalue weighted by Gasteiger charge is 2.60. The zero-order valence-corrected chi connectivity index (χ0v) is 9.14. The molecule has 0 spiro atoms. The van der Waals surface area contributed by atoms with Gasteiger partial charge in [-0.25, -0.2) is 4.79 Å². The molecular weight excluding hydrogens is 218 g/mol. The van der Waals surface area contributed by atoms with Crippen molar-refractivity contribution in [2.75, 3.05) is 0 Å². The van der Waals surface area contributed by atoms with Crippen molar-refractivity contribution >= 4 is 17.6 Å². The fourth-order valence-corrected chi connectivity index (χ4v) is 2.39. The van der Waals surface area contributed by atoms with Crippen LogP contribution in [0.15, 0.2) is 30.8 Å². The molecule has 0 atom stereocenters. The number of fused-ring (bicyclic) bond motifs is 1. The first-order valence-corrected chi connectivity index (χ1v) is 5.44. The first-order chi connectivity index (χ1) is 8.08. The topological polar surface area (TPSA) is 57.6 Å². The van der Waals surface area contributed by atoms with Crippen molar-refractivity contribution in [3.63, 3.8) is 0 Å². The molecule has 0 radical (unpaired) electrons. The van der Waals surface area contributed by atoms with E-state index in [1.54, 1.807) is 18.2 Å². The van der Waals surface area contributed by atoms with Gasteiger partial charge in [-0.05, 0) is 18.9 Å². The predicted octanol–water partition coefficient (Wildman–Crippen LogP) is 1.73. The van der Waals surface area contributed by atoms with Gasteiger partial charge in [0.15, 0.2) is 0 Å². The van der Waals surface area contributed by atoms with Crippen LogP contribution in [0.2, 0.25) is 0 Å². The van der Waals surface area contributed by atoms with Gasteiger partial charge < -0.3 is 5.11 Å². The number of carboxylic acid groups (broad SMARTS) is 1. The number of hydrogen-bond acceptors (Lipinski definition) is 2. The van der Waals surface area contributed by atoms with Crippen LogP contribution in [0.4, 0.5) is 0 Å². The highest BCUT2D eigenvalue weighted by atomic mass is 16.4. The molecule has 1 N–H and O–H groups in total. The fraction of sp³-hybridized carbons (Fsp3) is 0.231. The fourth-order valence-electron chi connectivity index (χ4n) is 2.39. The van der Waals surface area contributed by atoms with E-state index in [0.717, 1.165) is 5.56 Å². The van der Waals surface area contributed by atoms with Gasteiger partial charge >= 0.3 is 5.97 Å². The number of nitrogens with zero attached hydrogens (tertiary/aromatic N) is 1. The maximum absolute atomic E-state index is 12.2. The van der Waals surface area contributed by atoms with Crippen LogP contribution in [0.1, 0.15) is 28.8 Å². The number of carbonyl (C=O) groups is 2. The zero-order chi connectivity index (χ0) is 12.2. The predicted molar refractivity (Wildman–Crippen MR) is 61.2 cm³/mol. The van der Waals surface area contributed by atoms with Crippen molar-refractivity contribution in [3.05, 3.63) is 42.0 Å². The summed E-state index contributed by atoms with van der Waals surface area (Å²) >= 11 is 0. The lowest BCUT2D eigenvalue weighted by molar-refractivity contribution is -0.142. The minimum Gasteiger partial charge on any atom is -0.479 e. The summed E-state index contributed by atoms with van der Waals surface area (Å²) in [6.45, 7) is 3.86. The van der Waals surface area contributed by atoms with Crippen molar-refractivity contribution in [2.45, 2.75) is 18.4 Å². The summed E-state index contributed by atoms with van der Waals surface area (Å²) in [6.07, 6.45) is 1.00. The molecule has 17 heavy (non-hydrogen) atoms. The third-order valence-corrected chi connectivity index (χ3v) is 3.49. The van der Waals surface area contributed by atoms with E-state index in [1.807, 2.05) is 6.07 Å². The number of rotatable bonds is 2. The Balaban J connectivity index is 2.10. The van der Waals surface area contributed by atoms with Gasteiger partial charge in [-0.1, -0.05) is 24.8 Å². The lowest BCUT2D eigenvalue weighted by Crippen LogP contribution is -2.42. The molecule has 1 aliphatic carbocycles. The van der Waals surface area contributed by atoms with Gasteiger partial charge in [-0.3, -0.25) is 9.69 Å². The molecule has 0 unspecified atom stereocenters. The van der Waals surface area contributed by atoms with Crippen LogP contribution in [-0.4, -0.2) is 27.4 Å². The summed E-state index contributed by atoms with van der Waals surface area (Å²) < 4.78 is 0. The van der Waals surface area contributed by atoms with E-state index in [1.165, 1.54) is 4.90 Å². The smallest absolute Gasteiger partial charge is 0.330 e. The van der Waals surface area contributed by atoms with Gasteiger partial charge in [-0.2, -0.15) is 0 Å². The summed E-state index contributed by atoms with van der Waals surface area (Å²) in [5.74, 6) is -1.19. The Kier molecular flexibility index (Phi) is 1.76. The molecule has 2 aliphatic rings. The quantitative estimate of drug-likeness (QED) is 0.840. The number of amides is 1. The number of hydrogen-bond donors (Lipinski definition) is 1. The molecule has 1 fully saturated rings. The molecule has 4 heteroatoms. The number of aliphatic carboxylic acids is 1. The van der Waals surface area contributed by atoms with Gasteiger partial charge in [0, 0.05) is 16.8 Å². The highest BCUT2D eigenvalue weighted by molar-refractivity contribution is 6.12. The van der Waals surface area contributed by atoms with Crippen LogP contribution in [0, 0.1) is 0 Å². The minimum absolute atomic E-state index is 0.245. The SMILES string of the molecule is C=C1c2ccccc2C(=O)N1C1(C(=O)O)CC1. The molecule has 1 aromatic rings. The van der Waals surface area contributed by atoms with E-state index in [2.05, 4.69) is 6.58 Å². The Morgan fingerprint density at radius 2 is 1.88 bits per heavy atom. The van der Waals surface area contributed by atoms with Crippen LogP contribution < -0.4 is 0 Å². The molecule has 0 saturated heterocycles. The van der Waals surface area contributed by atoms with Gasteiger partial charge in [0.05, 0.1) is 0 Å². The van der Waals surface area contributed by atoms with Crippen LogP contribution >= 0.6 is 0 Å². The van der Waals surface area contributed by atoms with E-state index in [0.29, 0.717) is 24.1 Å². The first-order valence-electron chi connectivity index (χ1n) is 5.44. The van der Waals surface area contributed by atoms with Crippen molar-refractivity contribution < 1.29 is 14.7 Å². The summed E-state index contributed by atoms with van der Waals surface area (Å²) in [7, 11) is 0. The summed E-state index contributed by atoms with van der Waals surface area (Å²) in [4.78, 5) is 24.8. The molecule has 1 amide bonds. The van der Waals surface area contributed by atoms with E-state index in [-0.39, 0.29) is 5.91 Å². The van der Waals surface area contributed by atoms with Gasteiger partial charge in [0.1, 0.15) is 5.54 Å². The van der Waals surface area contributed by atoms with E-state index < -0.39 is 11.5 Å². The maximum atomic E-state index is 12.2. The molecule has 4 nitrogen and oxygen atoms in total. The molecule has 3 rings (SSSR count). The van der Waals surface area contributed by atoms with Crippen molar-refractivity contribution in [3.8, 4) is 0 Å². The minimum atomic E-state index is -1.05. The number of carbonyl (C=O) groups excluding carboxylic acids is 1. The second kappa shape index (κ2) is 2.97. The van der Waals surface area contributed by atoms with E-state index >= 15 is 0 Å². The van der Waals surface area contributed by atoms with Crippen LogP contribution in [0.25, 0.3) is 5.70 Å². The van der Waals surface area contributed by atoms with Crippen molar-refractivity contribution in [1.29, 1.82) is 0 Å². The first kappa shape index (κ1) is 10.1. The molecular formula is C13H11NO3.